The van der Waals surface area contributed by atoms with E-state index in [-0.39, 0.29) is 12.3 Å². The lowest BCUT2D eigenvalue weighted by atomic mass is 10.1. The van der Waals surface area contributed by atoms with Crippen molar-refractivity contribution in [1.29, 1.82) is 5.26 Å². The molecule has 3 aromatic carbocycles. The van der Waals surface area contributed by atoms with E-state index < -0.39 is 23.4 Å². The van der Waals surface area contributed by atoms with Gasteiger partial charge < -0.3 is 4.74 Å². The second-order valence-electron chi connectivity index (χ2n) is 7.09. The van der Waals surface area contributed by atoms with Gasteiger partial charge in [-0.3, -0.25) is 4.79 Å². The Morgan fingerprint density at radius 3 is 2.30 bits per heavy atom. The number of benzene rings is 3. The number of alkyl halides is 3. The minimum Gasteiger partial charge on any atom is -0.488 e. The minimum absolute atomic E-state index is 0.135. The number of nitriles is 1. The van der Waals surface area contributed by atoms with Gasteiger partial charge in [-0.1, -0.05) is 48.5 Å². The van der Waals surface area contributed by atoms with Crippen LogP contribution in [0.1, 0.15) is 16.7 Å². The largest absolute Gasteiger partial charge is 0.488 e. The van der Waals surface area contributed by atoms with Crippen molar-refractivity contribution in [2.75, 3.05) is 5.01 Å². The van der Waals surface area contributed by atoms with Gasteiger partial charge >= 0.3 is 6.18 Å². The molecule has 1 aliphatic rings. The van der Waals surface area contributed by atoms with Gasteiger partial charge in [0, 0.05) is 5.56 Å². The van der Waals surface area contributed by atoms with Gasteiger partial charge in [0.25, 0.3) is 5.91 Å². The maximum atomic E-state index is 13.7. The van der Waals surface area contributed by atoms with Crippen molar-refractivity contribution in [3.05, 3.63) is 101 Å². The first-order chi connectivity index (χ1) is 15.9. The van der Waals surface area contributed by atoms with Gasteiger partial charge in [0.1, 0.15) is 12.4 Å². The maximum Gasteiger partial charge on any atom is 0.435 e. The fourth-order valence-corrected chi connectivity index (χ4v) is 3.22. The van der Waals surface area contributed by atoms with E-state index in [2.05, 4.69) is 5.10 Å². The molecule has 1 heterocycles. The number of amides is 1. The highest BCUT2D eigenvalue weighted by Gasteiger charge is 2.46. The van der Waals surface area contributed by atoms with E-state index in [9.17, 15) is 18.0 Å². The van der Waals surface area contributed by atoms with Crippen LogP contribution in [0.4, 0.5) is 18.9 Å². The van der Waals surface area contributed by atoms with Gasteiger partial charge in [-0.2, -0.15) is 28.5 Å². The van der Waals surface area contributed by atoms with Crippen LogP contribution in [0.2, 0.25) is 0 Å². The molecule has 164 valence electrons. The van der Waals surface area contributed by atoms with E-state index in [0.29, 0.717) is 16.9 Å². The molecular weight excluding hydrogens is 431 g/mol. The molecule has 3 aromatic rings. The number of anilines is 1. The topological polar surface area (TPSA) is 65.7 Å². The third-order valence-electron chi connectivity index (χ3n) is 4.84. The number of carbonyl (C=O) groups excluding carboxylic acids is 1. The van der Waals surface area contributed by atoms with E-state index in [1.54, 1.807) is 66.7 Å². The van der Waals surface area contributed by atoms with Gasteiger partial charge in [0.05, 0.1) is 22.9 Å². The average molecular weight is 447 g/mol. The van der Waals surface area contributed by atoms with E-state index in [1.807, 2.05) is 6.07 Å². The molecule has 0 fully saturated rings. The molecule has 4 rings (SSSR count). The fraction of sp³-hybridized carbons (Fsp3) is 0.0800. The van der Waals surface area contributed by atoms with Crippen molar-refractivity contribution in [2.24, 2.45) is 5.10 Å². The van der Waals surface area contributed by atoms with Crippen LogP contribution in [-0.2, 0) is 11.4 Å². The summed E-state index contributed by atoms with van der Waals surface area (Å²) in [6.45, 7) is 0.135. The highest BCUT2D eigenvalue weighted by molar-refractivity contribution is 6.34. The lowest BCUT2D eigenvalue weighted by molar-refractivity contribution is -0.114. The molecule has 0 bridgehead atoms. The van der Waals surface area contributed by atoms with Crippen molar-refractivity contribution in [3.63, 3.8) is 0 Å². The molecule has 0 aromatic heterocycles. The SMILES string of the molecule is N#Cc1ccc(COc2ccccc2/C=C2\C(=O)N(c3ccccc3)N=C2C(F)(F)F)cc1. The molecule has 0 spiro atoms. The molecule has 0 aliphatic carbocycles. The quantitative estimate of drug-likeness (QED) is 0.486. The van der Waals surface area contributed by atoms with E-state index >= 15 is 0 Å². The molecule has 1 amide bonds. The Kier molecular flexibility index (Phi) is 5.96. The van der Waals surface area contributed by atoms with Crippen LogP contribution in [0.3, 0.4) is 0 Å². The first-order valence-corrected chi connectivity index (χ1v) is 9.85. The molecule has 8 heteroatoms. The van der Waals surface area contributed by atoms with Crippen molar-refractivity contribution < 1.29 is 22.7 Å². The third-order valence-corrected chi connectivity index (χ3v) is 4.84. The first kappa shape index (κ1) is 21.8. The molecule has 0 radical (unpaired) electrons. The molecule has 1 aliphatic heterocycles. The van der Waals surface area contributed by atoms with Crippen molar-refractivity contribution in [3.8, 4) is 11.8 Å². The number of hydrogen-bond donors (Lipinski definition) is 0. The number of rotatable bonds is 5. The summed E-state index contributed by atoms with van der Waals surface area (Å²) < 4.78 is 46.9. The summed E-state index contributed by atoms with van der Waals surface area (Å²) in [5, 5.41) is 13.2. The number of ether oxygens (including phenoxy) is 1. The van der Waals surface area contributed by atoms with Crippen molar-refractivity contribution in [1.82, 2.24) is 0 Å². The predicted octanol–water partition coefficient (Wildman–Crippen LogP) is 5.49. The highest BCUT2D eigenvalue weighted by Crippen LogP contribution is 2.33. The molecule has 0 unspecified atom stereocenters. The zero-order chi connectivity index (χ0) is 23.4. The Bertz CT molecular complexity index is 1270. The van der Waals surface area contributed by atoms with Gasteiger partial charge in [-0.05, 0) is 42.0 Å². The van der Waals surface area contributed by atoms with Crippen LogP contribution in [0.25, 0.3) is 6.08 Å². The lowest BCUT2D eigenvalue weighted by Crippen LogP contribution is -2.25. The Balaban J connectivity index is 1.65. The van der Waals surface area contributed by atoms with Crippen molar-refractivity contribution >= 4 is 23.4 Å². The lowest BCUT2D eigenvalue weighted by Gasteiger charge is -2.12. The molecular formula is C25H16F3N3O2. The second-order valence-corrected chi connectivity index (χ2v) is 7.09. The smallest absolute Gasteiger partial charge is 0.435 e. The molecule has 5 nitrogen and oxygen atoms in total. The normalized spacial score (nSPS) is 14.8. The van der Waals surface area contributed by atoms with E-state index in [4.69, 9.17) is 10.00 Å². The van der Waals surface area contributed by atoms with Gasteiger partial charge in [0.15, 0.2) is 5.71 Å². The van der Waals surface area contributed by atoms with Gasteiger partial charge in [-0.15, -0.1) is 0 Å². The van der Waals surface area contributed by atoms with Crippen LogP contribution < -0.4 is 9.75 Å². The zero-order valence-electron chi connectivity index (χ0n) is 17.1. The molecule has 0 saturated carbocycles. The molecule has 0 atom stereocenters. The van der Waals surface area contributed by atoms with Crippen LogP contribution in [0, 0.1) is 11.3 Å². The second kappa shape index (κ2) is 9.01. The summed E-state index contributed by atoms with van der Waals surface area (Å²) in [6.07, 6.45) is -3.67. The summed E-state index contributed by atoms with van der Waals surface area (Å²) in [5.41, 5.74) is -0.00913. The fourth-order valence-electron chi connectivity index (χ4n) is 3.22. The first-order valence-electron chi connectivity index (χ1n) is 9.85. The Hall–Kier alpha value is -4.38. The summed E-state index contributed by atoms with van der Waals surface area (Å²) >= 11 is 0. The summed E-state index contributed by atoms with van der Waals surface area (Å²) in [5.74, 6) is -0.572. The number of hydrazone groups is 1. The van der Waals surface area contributed by atoms with Gasteiger partial charge in [0.2, 0.25) is 0 Å². The summed E-state index contributed by atoms with van der Waals surface area (Å²) in [6, 6.07) is 23.2. The number of nitrogens with zero attached hydrogens (tertiary/aromatic N) is 3. The average Bonchev–Trinajstić information content (AvgIpc) is 3.16. The number of halogens is 3. The molecule has 0 N–H and O–H groups in total. The van der Waals surface area contributed by atoms with E-state index in [0.717, 1.165) is 16.6 Å². The Morgan fingerprint density at radius 1 is 0.970 bits per heavy atom. The van der Waals surface area contributed by atoms with E-state index in [1.165, 1.54) is 12.1 Å². The highest BCUT2D eigenvalue weighted by atomic mass is 19.4. The maximum absolute atomic E-state index is 13.7. The van der Waals surface area contributed by atoms with Gasteiger partial charge in [-0.25, -0.2) is 0 Å². The standard InChI is InChI=1S/C25H16F3N3O2/c26-25(27,28)23-21(24(32)31(30-23)20-7-2-1-3-8-20)14-19-6-4-5-9-22(19)33-16-18-12-10-17(15-29)11-13-18/h1-14H,16H2/b21-14-. The summed E-state index contributed by atoms with van der Waals surface area (Å²) in [4.78, 5) is 12.9. The number of carbonyl (C=O) groups is 1. The van der Waals surface area contributed by atoms with Crippen LogP contribution in [-0.4, -0.2) is 17.8 Å². The monoisotopic (exact) mass is 447 g/mol. The zero-order valence-corrected chi connectivity index (χ0v) is 17.1. The number of para-hydroxylation sites is 2. The third kappa shape index (κ3) is 4.77. The molecule has 33 heavy (non-hydrogen) atoms. The Labute approximate surface area is 187 Å². The Morgan fingerprint density at radius 2 is 1.64 bits per heavy atom. The van der Waals surface area contributed by atoms with Crippen LogP contribution >= 0.6 is 0 Å². The van der Waals surface area contributed by atoms with Crippen LogP contribution in [0.15, 0.2) is 89.5 Å². The van der Waals surface area contributed by atoms with Crippen molar-refractivity contribution in [2.45, 2.75) is 12.8 Å². The predicted molar refractivity (Wildman–Crippen MR) is 117 cm³/mol. The number of hydrogen-bond acceptors (Lipinski definition) is 4. The molecule has 0 saturated heterocycles. The minimum atomic E-state index is -4.82. The summed E-state index contributed by atoms with van der Waals surface area (Å²) in [7, 11) is 0. The van der Waals surface area contributed by atoms with Crippen LogP contribution in [0.5, 0.6) is 5.75 Å².